The van der Waals surface area contributed by atoms with Crippen LogP contribution in [0.15, 0.2) is 18.2 Å². The Kier molecular flexibility index (Phi) is 5.80. The largest absolute Gasteiger partial charge is 0.496 e. The first-order valence-corrected chi connectivity index (χ1v) is 7.50. The van der Waals surface area contributed by atoms with Crippen LogP contribution < -0.4 is 10.1 Å². The van der Waals surface area contributed by atoms with E-state index in [4.69, 9.17) is 4.74 Å². The first-order valence-electron chi connectivity index (χ1n) is 7.50. The summed E-state index contributed by atoms with van der Waals surface area (Å²) in [6, 6.07) is 4.93. The Hall–Kier alpha value is -1.13. The molecule has 0 saturated carbocycles. The van der Waals surface area contributed by atoms with Gasteiger partial charge in [0, 0.05) is 24.7 Å². The number of piperidine rings is 1. The molecule has 3 nitrogen and oxygen atoms in total. The second-order valence-corrected chi connectivity index (χ2v) is 5.43. The topological polar surface area (TPSA) is 24.5 Å². The third kappa shape index (κ3) is 3.93. The lowest BCUT2D eigenvalue weighted by atomic mass is 10.1. The van der Waals surface area contributed by atoms with E-state index in [9.17, 15) is 4.39 Å². The molecule has 4 heteroatoms. The number of hydrogen-bond acceptors (Lipinski definition) is 3. The van der Waals surface area contributed by atoms with Gasteiger partial charge < -0.3 is 15.0 Å². The molecule has 1 N–H and O–H groups in total. The zero-order chi connectivity index (χ0) is 14.4. The molecule has 20 heavy (non-hydrogen) atoms. The molecule has 1 atom stereocenters. The summed E-state index contributed by atoms with van der Waals surface area (Å²) in [5.74, 6) is 0.408. The Balaban J connectivity index is 1.86. The van der Waals surface area contributed by atoms with Gasteiger partial charge in [-0.25, -0.2) is 4.39 Å². The normalized spacial score (nSPS) is 17.9. The average molecular weight is 280 g/mol. The van der Waals surface area contributed by atoms with Crippen molar-refractivity contribution in [1.29, 1.82) is 0 Å². The number of ether oxygens (including phenoxy) is 1. The number of hydrogen-bond donors (Lipinski definition) is 1. The van der Waals surface area contributed by atoms with Crippen LogP contribution in [0.2, 0.25) is 0 Å². The summed E-state index contributed by atoms with van der Waals surface area (Å²) in [6.07, 6.45) is 3.96. The Bertz CT molecular complexity index is 419. The molecular weight excluding hydrogens is 255 g/mol. The van der Waals surface area contributed by atoms with Gasteiger partial charge in [0.05, 0.1) is 7.11 Å². The highest BCUT2D eigenvalue weighted by atomic mass is 19.1. The molecule has 0 radical (unpaired) electrons. The van der Waals surface area contributed by atoms with E-state index >= 15 is 0 Å². The summed E-state index contributed by atoms with van der Waals surface area (Å²) in [7, 11) is 1.58. The Morgan fingerprint density at radius 2 is 2.05 bits per heavy atom. The SMILES string of the molecule is COc1cccc(F)c1C(C)NCCN1CCCCC1. The summed E-state index contributed by atoms with van der Waals surface area (Å²) in [4.78, 5) is 2.47. The third-order valence-electron chi connectivity index (χ3n) is 3.99. The molecule has 0 amide bonds. The number of likely N-dealkylation sites (tertiary alicyclic amines) is 1. The fourth-order valence-corrected chi connectivity index (χ4v) is 2.84. The molecule has 1 unspecified atom stereocenters. The number of halogens is 1. The fourth-order valence-electron chi connectivity index (χ4n) is 2.84. The average Bonchev–Trinajstić information content (AvgIpc) is 2.47. The van der Waals surface area contributed by atoms with Crippen molar-refractivity contribution < 1.29 is 9.13 Å². The predicted molar refractivity (Wildman–Crippen MR) is 79.7 cm³/mol. The van der Waals surface area contributed by atoms with Crippen LogP contribution in [0.1, 0.15) is 37.8 Å². The maximum absolute atomic E-state index is 13.9. The van der Waals surface area contributed by atoms with Crippen molar-refractivity contribution in [2.45, 2.75) is 32.2 Å². The third-order valence-corrected chi connectivity index (χ3v) is 3.99. The van der Waals surface area contributed by atoms with Gasteiger partial charge in [0.1, 0.15) is 11.6 Å². The van der Waals surface area contributed by atoms with E-state index in [0.717, 1.165) is 13.1 Å². The van der Waals surface area contributed by atoms with Gasteiger partial charge in [-0.05, 0) is 45.0 Å². The lowest BCUT2D eigenvalue weighted by Crippen LogP contribution is -2.36. The number of benzene rings is 1. The van der Waals surface area contributed by atoms with Crippen molar-refractivity contribution in [2.75, 3.05) is 33.3 Å². The maximum Gasteiger partial charge on any atom is 0.131 e. The first kappa shape index (κ1) is 15.3. The lowest BCUT2D eigenvalue weighted by molar-refractivity contribution is 0.226. The number of nitrogens with zero attached hydrogens (tertiary/aromatic N) is 1. The number of nitrogens with one attached hydrogen (secondary N) is 1. The van der Waals surface area contributed by atoms with Gasteiger partial charge in [-0.15, -0.1) is 0 Å². The van der Waals surface area contributed by atoms with E-state index in [1.165, 1.54) is 38.4 Å². The highest BCUT2D eigenvalue weighted by Crippen LogP contribution is 2.27. The van der Waals surface area contributed by atoms with Gasteiger partial charge in [-0.2, -0.15) is 0 Å². The Morgan fingerprint density at radius 3 is 2.75 bits per heavy atom. The number of rotatable bonds is 6. The number of methoxy groups -OCH3 is 1. The predicted octanol–water partition coefficient (Wildman–Crippen LogP) is 2.97. The monoisotopic (exact) mass is 280 g/mol. The highest BCUT2D eigenvalue weighted by molar-refractivity contribution is 5.36. The van der Waals surface area contributed by atoms with Gasteiger partial charge in [0.15, 0.2) is 0 Å². The van der Waals surface area contributed by atoms with Gasteiger partial charge in [0.2, 0.25) is 0 Å². The quantitative estimate of drug-likeness (QED) is 0.867. The zero-order valence-corrected chi connectivity index (χ0v) is 12.5. The van der Waals surface area contributed by atoms with Crippen LogP contribution in [0, 0.1) is 5.82 Å². The maximum atomic E-state index is 13.9. The molecule has 1 fully saturated rings. The lowest BCUT2D eigenvalue weighted by Gasteiger charge is -2.27. The van der Waals surface area contributed by atoms with Crippen molar-refractivity contribution in [3.63, 3.8) is 0 Å². The minimum Gasteiger partial charge on any atom is -0.496 e. The van der Waals surface area contributed by atoms with Crippen LogP contribution in [0.4, 0.5) is 4.39 Å². The minimum absolute atomic E-state index is 0.0454. The zero-order valence-electron chi connectivity index (χ0n) is 12.5. The molecule has 1 saturated heterocycles. The summed E-state index contributed by atoms with van der Waals surface area (Å²) < 4.78 is 19.2. The smallest absolute Gasteiger partial charge is 0.131 e. The van der Waals surface area contributed by atoms with Crippen molar-refractivity contribution in [3.05, 3.63) is 29.6 Å². The molecule has 1 aliphatic rings. The van der Waals surface area contributed by atoms with Crippen LogP contribution in [-0.2, 0) is 0 Å². The molecule has 1 aromatic rings. The van der Waals surface area contributed by atoms with Gasteiger partial charge >= 0.3 is 0 Å². The van der Waals surface area contributed by atoms with Crippen LogP contribution in [0.3, 0.4) is 0 Å². The second-order valence-electron chi connectivity index (χ2n) is 5.43. The Labute approximate surface area is 121 Å². The van der Waals surface area contributed by atoms with Gasteiger partial charge in [-0.3, -0.25) is 0 Å². The highest BCUT2D eigenvalue weighted by Gasteiger charge is 2.16. The van der Waals surface area contributed by atoms with E-state index in [-0.39, 0.29) is 11.9 Å². The summed E-state index contributed by atoms with van der Waals surface area (Å²) in [5, 5.41) is 3.40. The van der Waals surface area contributed by atoms with Crippen LogP contribution in [0.25, 0.3) is 0 Å². The second kappa shape index (κ2) is 7.60. The summed E-state index contributed by atoms with van der Waals surface area (Å²) >= 11 is 0. The van der Waals surface area contributed by atoms with E-state index in [0.29, 0.717) is 11.3 Å². The fraction of sp³-hybridized carbons (Fsp3) is 0.625. The van der Waals surface area contributed by atoms with Crippen molar-refractivity contribution in [1.82, 2.24) is 10.2 Å². The first-order chi connectivity index (χ1) is 9.72. The molecular formula is C16H25FN2O. The molecule has 2 rings (SSSR count). The van der Waals surface area contributed by atoms with Crippen molar-refractivity contribution >= 4 is 0 Å². The molecule has 1 aromatic carbocycles. The molecule has 0 bridgehead atoms. The van der Waals surface area contributed by atoms with E-state index in [1.807, 2.05) is 6.92 Å². The summed E-state index contributed by atoms with van der Waals surface area (Å²) in [5.41, 5.74) is 0.619. The van der Waals surface area contributed by atoms with Gasteiger partial charge in [-0.1, -0.05) is 12.5 Å². The van der Waals surface area contributed by atoms with Gasteiger partial charge in [0.25, 0.3) is 0 Å². The van der Waals surface area contributed by atoms with Crippen molar-refractivity contribution in [3.8, 4) is 5.75 Å². The van der Waals surface area contributed by atoms with Crippen LogP contribution in [-0.4, -0.2) is 38.2 Å². The molecule has 0 aliphatic carbocycles. The van der Waals surface area contributed by atoms with Crippen LogP contribution >= 0.6 is 0 Å². The molecule has 0 aromatic heterocycles. The minimum atomic E-state index is -0.206. The summed E-state index contributed by atoms with van der Waals surface area (Å²) in [6.45, 7) is 6.27. The van der Waals surface area contributed by atoms with Crippen molar-refractivity contribution in [2.24, 2.45) is 0 Å². The van der Waals surface area contributed by atoms with E-state index in [2.05, 4.69) is 10.2 Å². The Morgan fingerprint density at radius 1 is 1.30 bits per heavy atom. The molecule has 0 spiro atoms. The molecule has 1 heterocycles. The molecule has 1 aliphatic heterocycles. The molecule has 112 valence electrons. The van der Waals surface area contributed by atoms with E-state index < -0.39 is 0 Å². The standard InChI is InChI=1S/C16H25FN2O/c1-13(16-14(17)7-6-8-15(16)20-2)18-9-12-19-10-4-3-5-11-19/h6-8,13,18H,3-5,9-12H2,1-2H3. The van der Waals surface area contributed by atoms with E-state index in [1.54, 1.807) is 19.2 Å². The van der Waals surface area contributed by atoms with Crippen LogP contribution in [0.5, 0.6) is 5.75 Å².